The number of hydrogen-bond acceptors (Lipinski definition) is 3. The van der Waals surface area contributed by atoms with E-state index >= 15 is 0 Å². The molecule has 0 unspecified atom stereocenters. The highest BCUT2D eigenvalue weighted by Crippen LogP contribution is 2.14. The van der Waals surface area contributed by atoms with E-state index in [2.05, 4.69) is 21.4 Å². The second-order valence-corrected chi connectivity index (χ2v) is 5.70. The van der Waals surface area contributed by atoms with Crippen molar-refractivity contribution in [2.24, 2.45) is 7.05 Å². The van der Waals surface area contributed by atoms with Crippen LogP contribution in [0, 0.1) is 13.8 Å². The molecule has 4 heteroatoms. The molecule has 1 aliphatic heterocycles. The van der Waals surface area contributed by atoms with Crippen molar-refractivity contribution in [3.8, 4) is 0 Å². The van der Waals surface area contributed by atoms with E-state index in [9.17, 15) is 4.79 Å². The van der Waals surface area contributed by atoms with Crippen molar-refractivity contribution in [2.75, 3.05) is 39.8 Å². The van der Waals surface area contributed by atoms with Gasteiger partial charge < -0.3 is 9.47 Å². The Bertz CT molecular complexity index is 464. The van der Waals surface area contributed by atoms with Crippen LogP contribution >= 0.6 is 0 Å². The van der Waals surface area contributed by atoms with Crippen molar-refractivity contribution < 1.29 is 4.79 Å². The van der Waals surface area contributed by atoms with Gasteiger partial charge in [0.15, 0.2) is 5.78 Å². The van der Waals surface area contributed by atoms with E-state index in [-0.39, 0.29) is 5.78 Å². The molecule has 1 aromatic heterocycles. The number of carbonyl (C=O) groups excluding carboxylic acids is 1. The van der Waals surface area contributed by atoms with Crippen LogP contribution in [-0.2, 0) is 7.05 Å². The smallest absolute Gasteiger partial charge is 0.178 e. The van der Waals surface area contributed by atoms with Gasteiger partial charge in [-0.2, -0.15) is 0 Å². The Morgan fingerprint density at radius 3 is 2.53 bits per heavy atom. The lowest BCUT2D eigenvalue weighted by molar-refractivity contribution is 0.0932. The number of hydrogen-bond donors (Lipinski definition) is 0. The number of aromatic nitrogens is 1. The van der Waals surface area contributed by atoms with Gasteiger partial charge in [-0.05, 0) is 46.5 Å². The van der Waals surface area contributed by atoms with E-state index in [4.69, 9.17) is 0 Å². The first kappa shape index (κ1) is 14.3. The summed E-state index contributed by atoms with van der Waals surface area (Å²) in [7, 11) is 4.17. The second-order valence-electron chi connectivity index (χ2n) is 5.70. The number of nitrogens with zero attached hydrogens (tertiary/aromatic N) is 3. The summed E-state index contributed by atoms with van der Waals surface area (Å²) in [4.78, 5) is 17.0. The SMILES string of the molecule is Cc1cc(C(=O)CN2CCCN(C)CC2)c(C)n1C. The van der Waals surface area contributed by atoms with Crippen LogP contribution < -0.4 is 0 Å². The van der Waals surface area contributed by atoms with Crippen LogP contribution in [0.15, 0.2) is 6.07 Å². The summed E-state index contributed by atoms with van der Waals surface area (Å²) >= 11 is 0. The fourth-order valence-electron chi connectivity index (χ4n) is 2.68. The van der Waals surface area contributed by atoms with Gasteiger partial charge in [-0.25, -0.2) is 0 Å². The van der Waals surface area contributed by atoms with Gasteiger partial charge >= 0.3 is 0 Å². The maximum absolute atomic E-state index is 12.4. The predicted molar refractivity (Wildman–Crippen MR) is 77.8 cm³/mol. The number of Topliss-reactive ketones (excluding diaryl/α,β-unsaturated/α-hetero) is 1. The summed E-state index contributed by atoms with van der Waals surface area (Å²) in [6.07, 6.45) is 1.15. The number of likely N-dealkylation sites (N-methyl/N-ethyl adjacent to an activating group) is 1. The van der Waals surface area contributed by atoms with Crippen LogP contribution in [0.5, 0.6) is 0 Å². The molecule has 1 saturated heterocycles. The molecule has 0 aromatic carbocycles. The Morgan fingerprint density at radius 2 is 1.89 bits per heavy atom. The molecular weight excluding hydrogens is 238 g/mol. The average Bonchev–Trinajstić information content (AvgIpc) is 2.56. The van der Waals surface area contributed by atoms with Crippen molar-refractivity contribution in [3.63, 3.8) is 0 Å². The van der Waals surface area contributed by atoms with Gasteiger partial charge in [0.25, 0.3) is 0 Å². The lowest BCUT2D eigenvalue weighted by atomic mass is 10.1. The summed E-state index contributed by atoms with van der Waals surface area (Å²) < 4.78 is 2.09. The standard InChI is InChI=1S/C15H25N3O/c1-12-10-14(13(2)17(12)4)15(19)11-18-7-5-6-16(3)8-9-18/h10H,5-9,11H2,1-4H3. The Morgan fingerprint density at radius 1 is 1.16 bits per heavy atom. The molecule has 19 heavy (non-hydrogen) atoms. The van der Waals surface area contributed by atoms with Crippen LogP contribution in [-0.4, -0.2) is 59.9 Å². The topological polar surface area (TPSA) is 28.5 Å². The molecule has 0 bridgehead atoms. The molecule has 1 aromatic rings. The fraction of sp³-hybridized carbons (Fsp3) is 0.667. The minimum absolute atomic E-state index is 0.255. The van der Waals surface area contributed by atoms with E-state index in [1.807, 2.05) is 27.0 Å². The number of ketones is 1. The normalized spacial score (nSPS) is 18.5. The largest absolute Gasteiger partial charge is 0.351 e. The van der Waals surface area contributed by atoms with Crippen molar-refractivity contribution in [1.82, 2.24) is 14.4 Å². The van der Waals surface area contributed by atoms with Gasteiger partial charge in [0, 0.05) is 37.1 Å². The second kappa shape index (κ2) is 5.88. The third-order valence-electron chi connectivity index (χ3n) is 4.25. The summed E-state index contributed by atoms with van der Waals surface area (Å²) in [5.74, 6) is 0.255. The van der Waals surface area contributed by atoms with Crippen molar-refractivity contribution >= 4 is 5.78 Å². The maximum atomic E-state index is 12.4. The van der Waals surface area contributed by atoms with Gasteiger partial charge in [0.2, 0.25) is 0 Å². The third kappa shape index (κ3) is 3.25. The monoisotopic (exact) mass is 263 g/mol. The van der Waals surface area contributed by atoms with Gasteiger partial charge in [-0.1, -0.05) is 0 Å². The molecule has 0 saturated carbocycles. The van der Waals surface area contributed by atoms with Gasteiger partial charge in [0.05, 0.1) is 6.54 Å². The summed E-state index contributed by atoms with van der Waals surface area (Å²) in [5, 5.41) is 0. The van der Waals surface area contributed by atoms with Crippen molar-refractivity contribution in [1.29, 1.82) is 0 Å². The van der Waals surface area contributed by atoms with Crippen LogP contribution in [0.3, 0.4) is 0 Å². The molecule has 0 amide bonds. The van der Waals surface area contributed by atoms with E-state index in [0.717, 1.165) is 49.6 Å². The molecule has 1 aliphatic rings. The first-order chi connectivity index (χ1) is 8.99. The van der Waals surface area contributed by atoms with Crippen LogP contribution in [0.2, 0.25) is 0 Å². The summed E-state index contributed by atoms with van der Waals surface area (Å²) in [5.41, 5.74) is 3.11. The number of carbonyl (C=O) groups is 1. The first-order valence-corrected chi connectivity index (χ1v) is 7.06. The number of aryl methyl sites for hydroxylation is 1. The highest BCUT2D eigenvalue weighted by Gasteiger charge is 2.19. The molecule has 0 radical (unpaired) electrons. The average molecular weight is 263 g/mol. The van der Waals surface area contributed by atoms with Gasteiger partial charge in [-0.3, -0.25) is 9.69 Å². The zero-order chi connectivity index (χ0) is 14.0. The van der Waals surface area contributed by atoms with E-state index in [1.54, 1.807) is 0 Å². The molecule has 0 aliphatic carbocycles. The Balaban J connectivity index is 2.02. The molecular formula is C15H25N3O. The Hall–Kier alpha value is -1.13. The van der Waals surface area contributed by atoms with E-state index < -0.39 is 0 Å². The fourth-order valence-corrected chi connectivity index (χ4v) is 2.68. The van der Waals surface area contributed by atoms with Crippen LogP contribution in [0.4, 0.5) is 0 Å². The zero-order valence-electron chi connectivity index (χ0n) is 12.6. The molecule has 0 spiro atoms. The third-order valence-corrected chi connectivity index (χ3v) is 4.25. The molecule has 4 nitrogen and oxygen atoms in total. The molecule has 2 heterocycles. The highest BCUT2D eigenvalue weighted by molar-refractivity contribution is 5.99. The van der Waals surface area contributed by atoms with Crippen LogP contribution in [0.1, 0.15) is 28.2 Å². The van der Waals surface area contributed by atoms with E-state index in [0.29, 0.717) is 6.54 Å². The minimum Gasteiger partial charge on any atom is -0.351 e. The summed E-state index contributed by atoms with van der Waals surface area (Å²) in [6.45, 7) is 8.83. The van der Waals surface area contributed by atoms with Crippen molar-refractivity contribution in [3.05, 3.63) is 23.0 Å². The molecule has 0 N–H and O–H groups in total. The van der Waals surface area contributed by atoms with Gasteiger partial charge in [-0.15, -0.1) is 0 Å². The molecule has 106 valence electrons. The Kier molecular flexibility index (Phi) is 4.42. The number of rotatable bonds is 3. The minimum atomic E-state index is 0.255. The van der Waals surface area contributed by atoms with Crippen LogP contribution in [0.25, 0.3) is 0 Å². The lowest BCUT2D eigenvalue weighted by Gasteiger charge is -2.19. The maximum Gasteiger partial charge on any atom is 0.178 e. The first-order valence-electron chi connectivity index (χ1n) is 7.06. The lowest BCUT2D eigenvalue weighted by Crippen LogP contribution is -2.33. The van der Waals surface area contributed by atoms with E-state index in [1.165, 1.54) is 0 Å². The van der Waals surface area contributed by atoms with Crippen molar-refractivity contribution in [2.45, 2.75) is 20.3 Å². The predicted octanol–water partition coefficient (Wildman–Crippen LogP) is 1.46. The highest BCUT2D eigenvalue weighted by atomic mass is 16.1. The summed E-state index contributed by atoms with van der Waals surface area (Å²) in [6, 6.07) is 2.02. The molecule has 2 rings (SSSR count). The molecule has 0 atom stereocenters. The zero-order valence-corrected chi connectivity index (χ0v) is 12.6. The van der Waals surface area contributed by atoms with Gasteiger partial charge in [0.1, 0.15) is 0 Å². The molecule has 1 fully saturated rings. The quantitative estimate of drug-likeness (QED) is 0.773. The Labute approximate surface area is 116 Å².